The lowest BCUT2D eigenvalue weighted by atomic mass is 9.86. The summed E-state index contributed by atoms with van der Waals surface area (Å²) in [6.07, 6.45) is 3.15. The van der Waals surface area contributed by atoms with E-state index >= 15 is 0 Å². The van der Waals surface area contributed by atoms with Crippen LogP contribution in [-0.4, -0.2) is 55.5 Å². The van der Waals surface area contributed by atoms with Crippen molar-refractivity contribution in [1.29, 1.82) is 0 Å². The molecule has 2 saturated heterocycles. The molecule has 0 radical (unpaired) electrons. The second-order valence-corrected chi connectivity index (χ2v) is 8.90. The van der Waals surface area contributed by atoms with Crippen molar-refractivity contribution in [3.8, 4) is 5.75 Å². The van der Waals surface area contributed by atoms with Crippen LogP contribution >= 0.6 is 0 Å². The second-order valence-electron chi connectivity index (χ2n) is 8.90. The van der Waals surface area contributed by atoms with Gasteiger partial charge in [-0.25, -0.2) is 4.39 Å². The van der Waals surface area contributed by atoms with Gasteiger partial charge in [-0.3, -0.25) is 9.69 Å². The zero-order valence-corrected chi connectivity index (χ0v) is 18.4. The van der Waals surface area contributed by atoms with Crippen LogP contribution in [-0.2, 0) is 11.3 Å². The fourth-order valence-corrected chi connectivity index (χ4v) is 5.08. The molecule has 5 nitrogen and oxygen atoms in total. The molecular weight excluding hydrogens is 393 g/mol. The minimum atomic E-state index is -0.168. The van der Waals surface area contributed by atoms with Crippen molar-refractivity contribution in [1.82, 2.24) is 9.80 Å². The largest absolute Gasteiger partial charge is 0.497 e. The molecule has 166 valence electrons. The molecule has 0 unspecified atom stereocenters. The molecule has 2 aliphatic rings. The summed E-state index contributed by atoms with van der Waals surface area (Å²) in [4.78, 5) is 17.6. The maximum Gasteiger partial charge on any atom is 0.228 e. The second kappa shape index (κ2) is 9.79. The van der Waals surface area contributed by atoms with Crippen LogP contribution in [0.25, 0.3) is 0 Å². The van der Waals surface area contributed by atoms with E-state index in [2.05, 4.69) is 22.2 Å². The van der Waals surface area contributed by atoms with Crippen molar-refractivity contribution in [2.24, 2.45) is 11.8 Å². The van der Waals surface area contributed by atoms with Crippen molar-refractivity contribution < 1.29 is 13.9 Å². The summed E-state index contributed by atoms with van der Waals surface area (Å²) in [6.45, 7) is 3.65. The predicted molar refractivity (Wildman–Crippen MR) is 121 cm³/mol. The van der Waals surface area contributed by atoms with Crippen LogP contribution in [0.4, 0.5) is 10.1 Å². The number of benzene rings is 2. The van der Waals surface area contributed by atoms with Gasteiger partial charge in [-0.1, -0.05) is 12.1 Å². The summed E-state index contributed by atoms with van der Waals surface area (Å²) in [5.41, 5.74) is 1.84. The molecule has 2 aromatic rings. The van der Waals surface area contributed by atoms with Crippen LogP contribution in [0.1, 0.15) is 24.8 Å². The Balaban J connectivity index is 1.27. The number of carbonyl (C=O) groups excluding carboxylic acids is 1. The molecule has 4 rings (SSSR count). The molecule has 1 amide bonds. The van der Waals surface area contributed by atoms with Crippen molar-refractivity contribution in [3.63, 3.8) is 0 Å². The first-order valence-corrected chi connectivity index (χ1v) is 11.1. The first-order chi connectivity index (χ1) is 15.0. The van der Waals surface area contributed by atoms with E-state index in [9.17, 15) is 9.18 Å². The standard InChI is InChI=1S/C25H32FN3O2/c1-28-17-20(25(30)27-22-6-8-23(31-2)9-7-22)15-24(28)19-10-12-29(13-11-19)16-18-4-3-5-21(26)14-18/h3-9,14,19-20,24H,10-13,15-17H2,1-2H3,(H,27,30)/t20-,24+/m0/s1. The number of hydrogen-bond acceptors (Lipinski definition) is 4. The number of hydrogen-bond donors (Lipinski definition) is 1. The van der Waals surface area contributed by atoms with Gasteiger partial charge in [-0.05, 0) is 87.3 Å². The number of anilines is 1. The highest BCUT2D eigenvalue weighted by Gasteiger charge is 2.39. The van der Waals surface area contributed by atoms with Gasteiger partial charge >= 0.3 is 0 Å². The lowest BCUT2D eigenvalue weighted by molar-refractivity contribution is -0.119. The smallest absolute Gasteiger partial charge is 0.228 e. The van der Waals surface area contributed by atoms with Crippen LogP contribution in [0.5, 0.6) is 5.75 Å². The zero-order chi connectivity index (χ0) is 21.8. The molecule has 2 aliphatic heterocycles. The predicted octanol–water partition coefficient (Wildman–Crippen LogP) is 4.01. The quantitative estimate of drug-likeness (QED) is 0.760. The van der Waals surface area contributed by atoms with Gasteiger partial charge in [-0.2, -0.15) is 0 Å². The topological polar surface area (TPSA) is 44.8 Å². The highest BCUT2D eigenvalue weighted by molar-refractivity contribution is 5.93. The number of nitrogens with one attached hydrogen (secondary N) is 1. The summed E-state index contributed by atoms with van der Waals surface area (Å²) < 4.78 is 18.6. The van der Waals surface area contributed by atoms with Crippen LogP contribution < -0.4 is 10.1 Å². The fraction of sp³-hybridized carbons (Fsp3) is 0.480. The highest BCUT2D eigenvalue weighted by Crippen LogP contribution is 2.34. The summed E-state index contributed by atoms with van der Waals surface area (Å²) in [5.74, 6) is 1.33. The highest BCUT2D eigenvalue weighted by atomic mass is 19.1. The number of amides is 1. The Hall–Kier alpha value is -2.44. The maximum atomic E-state index is 13.4. The van der Waals surface area contributed by atoms with Gasteiger partial charge < -0.3 is 15.0 Å². The lowest BCUT2D eigenvalue weighted by Gasteiger charge is -2.37. The van der Waals surface area contributed by atoms with Gasteiger partial charge in [0.25, 0.3) is 0 Å². The van der Waals surface area contributed by atoms with Crippen molar-refractivity contribution in [2.75, 3.05) is 39.1 Å². The summed E-state index contributed by atoms with van der Waals surface area (Å²) >= 11 is 0. The van der Waals surface area contributed by atoms with Gasteiger partial charge in [0.1, 0.15) is 11.6 Å². The molecule has 0 spiro atoms. The van der Waals surface area contributed by atoms with E-state index in [-0.39, 0.29) is 17.6 Å². The number of piperidine rings is 1. The number of likely N-dealkylation sites (tertiary alicyclic amines) is 2. The molecule has 0 saturated carbocycles. The van der Waals surface area contributed by atoms with Gasteiger partial charge in [0.15, 0.2) is 0 Å². The van der Waals surface area contributed by atoms with Gasteiger partial charge in [0.2, 0.25) is 5.91 Å². The van der Waals surface area contributed by atoms with Crippen molar-refractivity contribution in [3.05, 3.63) is 59.9 Å². The molecule has 2 atom stereocenters. The Morgan fingerprint density at radius 3 is 2.58 bits per heavy atom. The molecule has 2 aromatic carbocycles. The van der Waals surface area contributed by atoms with Gasteiger partial charge in [0, 0.05) is 24.8 Å². The molecule has 6 heteroatoms. The fourth-order valence-electron chi connectivity index (χ4n) is 5.08. The SMILES string of the molecule is COc1ccc(NC(=O)[C@H]2C[C@H](C3CCN(Cc4cccc(F)c4)CC3)N(C)C2)cc1. The molecule has 1 N–H and O–H groups in total. The van der Waals surface area contributed by atoms with Crippen LogP contribution in [0, 0.1) is 17.7 Å². The van der Waals surface area contributed by atoms with E-state index in [1.54, 1.807) is 19.2 Å². The first-order valence-electron chi connectivity index (χ1n) is 11.1. The van der Waals surface area contributed by atoms with E-state index in [1.807, 2.05) is 30.3 Å². The van der Waals surface area contributed by atoms with E-state index < -0.39 is 0 Å². The van der Waals surface area contributed by atoms with E-state index in [1.165, 1.54) is 6.07 Å². The molecule has 2 heterocycles. The monoisotopic (exact) mass is 425 g/mol. The number of rotatable bonds is 6. The number of methoxy groups -OCH3 is 1. The third kappa shape index (κ3) is 5.43. The first kappa shape index (κ1) is 21.8. The summed E-state index contributed by atoms with van der Waals surface area (Å²) in [5, 5.41) is 3.06. The lowest BCUT2D eigenvalue weighted by Crippen LogP contribution is -2.41. The average molecular weight is 426 g/mol. The van der Waals surface area contributed by atoms with Crippen molar-refractivity contribution >= 4 is 11.6 Å². The summed E-state index contributed by atoms with van der Waals surface area (Å²) in [7, 11) is 3.78. The third-order valence-electron chi connectivity index (χ3n) is 6.80. The van der Waals surface area contributed by atoms with E-state index in [4.69, 9.17) is 4.74 Å². The number of carbonyl (C=O) groups is 1. The van der Waals surface area contributed by atoms with E-state index in [0.717, 1.165) is 62.4 Å². The minimum Gasteiger partial charge on any atom is -0.497 e. The number of halogens is 1. The normalized spacial score (nSPS) is 23.1. The average Bonchev–Trinajstić information content (AvgIpc) is 3.17. The Morgan fingerprint density at radius 1 is 1.16 bits per heavy atom. The molecule has 0 aliphatic carbocycles. The Morgan fingerprint density at radius 2 is 1.90 bits per heavy atom. The Bertz CT molecular complexity index is 881. The van der Waals surface area contributed by atoms with Gasteiger partial charge in [0.05, 0.1) is 13.0 Å². The summed E-state index contributed by atoms with van der Waals surface area (Å²) in [6, 6.07) is 14.8. The number of nitrogens with zero attached hydrogens (tertiary/aromatic N) is 2. The van der Waals surface area contributed by atoms with Crippen molar-refractivity contribution in [2.45, 2.75) is 31.8 Å². The zero-order valence-electron chi connectivity index (χ0n) is 18.4. The van der Waals surface area contributed by atoms with E-state index in [0.29, 0.717) is 12.0 Å². The van der Waals surface area contributed by atoms with Crippen LogP contribution in [0.15, 0.2) is 48.5 Å². The van der Waals surface area contributed by atoms with Crippen LogP contribution in [0.2, 0.25) is 0 Å². The molecule has 2 fully saturated rings. The van der Waals surface area contributed by atoms with Gasteiger partial charge in [-0.15, -0.1) is 0 Å². The third-order valence-corrected chi connectivity index (χ3v) is 6.80. The Labute approximate surface area is 184 Å². The van der Waals surface area contributed by atoms with Crippen LogP contribution in [0.3, 0.4) is 0 Å². The molecule has 0 bridgehead atoms. The molecule has 0 aromatic heterocycles. The Kier molecular flexibility index (Phi) is 6.88. The number of ether oxygens (including phenoxy) is 1. The maximum absolute atomic E-state index is 13.4. The molecule has 31 heavy (non-hydrogen) atoms. The minimum absolute atomic E-state index is 0.0161. The molecular formula is C25H32FN3O2.